The molecule has 1 heterocycles. The number of hydrogen-bond donors (Lipinski definition) is 2. The number of aromatic nitrogens is 2. The summed E-state index contributed by atoms with van der Waals surface area (Å²) in [5.74, 6) is 1.09. The lowest BCUT2D eigenvalue weighted by molar-refractivity contribution is 0.673. The Morgan fingerprint density at radius 3 is 2.91 bits per heavy atom. The lowest BCUT2D eigenvalue weighted by atomic mass is 10.2. The Morgan fingerprint density at radius 1 is 1.36 bits per heavy atom. The Labute approximate surface area is 67.0 Å². The average Bonchev–Trinajstić information content (AvgIpc) is 2.50. The molecule has 0 atom stereocenters. The van der Waals surface area contributed by atoms with Crippen molar-refractivity contribution >= 4 is 0 Å². The third kappa shape index (κ3) is 3.18. The molecule has 0 spiro atoms. The van der Waals surface area contributed by atoms with Gasteiger partial charge < -0.3 is 10.7 Å². The number of hydrogen-bond acceptors (Lipinski definition) is 2. The smallest absolute Gasteiger partial charge is 0.105 e. The first-order valence-electron chi connectivity index (χ1n) is 4.12. The fraction of sp³-hybridized carbons (Fsp3) is 0.625. The summed E-state index contributed by atoms with van der Waals surface area (Å²) in [5, 5.41) is 0. The van der Waals surface area contributed by atoms with Gasteiger partial charge in [0.05, 0.1) is 0 Å². The number of imidazole rings is 1. The molecule has 1 rings (SSSR count). The molecule has 11 heavy (non-hydrogen) atoms. The van der Waals surface area contributed by atoms with E-state index in [0.29, 0.717) is 0 Å². The van der Waals surface area contributed by atoms with E-state index in [2.05, 4.69) is 9.97 Å². The fourth-order valence-corrected chi connectivity index (χ4v) is 1.05. The summed E-state index contributed by atoms with van der Waals surface area (Å²) < 4.78 is 0. The highest BCUT2D eigenvalue weighted by Crippen LogP contribution is 2.00. The summed E-state index contributed by atoms with van der Waals surface area (Å²) in [6.45, 7) is 0.804. The molecule has 0 amide bonds. The van der Waals surface area contributed by atoms with Crippen LogP contribution in [0.4, 0.5) is 0 Å². The highest BCUT2D eigenvalue weighted by atomic mass is 14.9. The van der Waals surface area contributed by atoms with E-state index in [1.807, 2.05) is 6.20 Å². The predicted molar refractivity (Wildman–Crippen MR) is 45.2 cm³/mol. The normalized spacial score (nSPS) is 10.3. The zero-order valence-corrected chi connectivity index (χ0v) is 6.71. The van der Waals surface area contributed by atoms with Crippen LogP contribution in [0.25, 0.3) is 0 Å². The first-order chi connectivity index (χ1) is 5.43. The van der Waals surface area contributed by atoms with E-state index in [1.165, 1.54) is 12.8 Å². The summed E-state index contributed by atoms with van der Waals surface area (Å²) in [7, 11) is 0. The van der Waals surface area contributed by atoms with Gasteiger partial charge in [-0.1, -0.05) is 6.42 Å². The SMILES string of the molecule is NCCCCCc1ncc[nH]1. The Kier molecular flexibility index (Phi) is 3.69. The van der Waals surface area contributed by atoms with Gasteiger partial charge in [-0.05, 0) is 19.4 Å². The summed E-state index contributed by atoms with van der Waals surface area (Å²) in [6.07, 6.45) is 8.21. The predicted octanol–water partition coefficient (Wildman–Crippen LogP) is 1.08. The maximum absolute atomic E-state index is 5.36. The van der Waals surface area contributed by atoms with Crippen molar-refractivity contribution in [1.29, 1.82) is 0 Å². The monoisotopic (exact) mass is 153 g/mol. The van der Waals surface area contributed by atoms with Crippen molar-refractivity contribution in [3.8, 4) is 0 Å². The van der Waals surface area contributed by atoms with Crippen LogP contribution < -0.4 is 5.73 Å². The lowest BCUT2D eigenvalue weighted by Gasteiger charge is -1.95. The zero-order valence-electron chi connectivity index (χ0n) is 6.71. The van der Waals surface area contributed by atoms with Crippen LogP contribution >= 0.6 is 0 Å². The number of nitrogens with two attached hydrogens (primary N) is 1. The molecule has 0 bridgehead atoms. The molecule has 0 saturated heterocycles. The number of rotatable bonds is 5. The minimum atomic E-state index is 0.804. The second kappa shape index (κ2) is 4.91. The minimum Gasteiger partial charge on any atom is -0.349 e. The molecule has 0 aliphatic carbocycles. The van der Waals surface area contributed by atoms with Crippen LogP contribution in [-0.2, 0) is 6.42 Å². The molecule has 3 nitrogen and oxygen atoms in total. The van der Waals surface area contributed by atoms with Crippen molar-refractivity contribution in [2.24, 2.45) is 5.73 Å². The summed E-state index contributed by atoms with van der Waals surface area (Å²) >= 11 is 0. The van der Waals surface area contributed by atoms with Crippen LogP contribution in [0.3, 0.4) is 0 Å². The number of nitrogens with one attached hydrogen (secondary N) is 1. The maximum atomic E-state index is 5.36. The van der Waals surface area contributed by atoms with Gasteiger partial charge in [0, 0.05) is 18.8 Å². The van der Waals surface area contributed by atoms with Gasteiger partial charge in [0.25, 0.3) is 0 Å². The van der Waals surface area contributed by atoms with Gasteiger partial charge in [-0.25, -0.2) is 4.98 Å². The standard InChI is InChI=1S/C8H15N3/c9-5-3-1-2-4-8-10-6-7-11-8/h6-7H,1-5,9H2,(H,10,11). The Morgan fingerprint density at radius 2 is 2.27 bits per heavy atom. The van der Waals surface area contributed by atoms with Gasteiger partial charge in [0.1, 0.15) is 5.82 Å². The molecule has 0 aliphatic rings. The molecular formula is C8H15N3. The minimum absolute atomic E-state index is 0.804. The molecule has 0 saturated carbocycles. The van der Waals surface area contributed by atoms with Gasteiger partial charge in [0.2, 0.25) is 0 Å². The molecule has 3 N–H and O–H groups in total. The highest BCUT2D eigenvalue weighted by Gasteiger charge is 1.93. The van der Waals surface area contributed by atoms with Crippen molar-refractivity contribution in [3.05, 3.63) is 18.2 Å². The summed E-state index contributed by atoms with van der Waals surface area (Å²) in [4.78, 5) is 7.20. The summed E-state index contributed by atoms with van der Waals surface area (Å²) in [5.41, 5.74) is 5.36. The maximum Gasteiger partial charge on any atom is 0.105 e. The molecule has 62 valence electrons. The molecule has 1 aromatic heterocycles. The number of nitrogens with zero attached hydrogens (tertiary/aromatic N) is 1. The highest BCUT2D eigenvalue weighted by molar-refractivity contribution is 4.86. The van der Waals surface area contributed by atoms with E-state index in [4.69, 9.17) is 5.73 Å². The number of H-pyrrole nitrogens is 1. The van der Waals surface area contributed by atoms with Crippen LogP contribution in [0.15, 0.2) is 12.4 Å². The van der Waals surface area contributed by atoms with Crippen LogP contribution in [0.5, 0.6) is 0 Å². The van der Waals surface area contributed by atoms with Crippen LogP contribution in [-0.4, -0.2) is 16.5 Å². The van der Waals surface area contributed by atoms with Crippen LogP contribution in [0.2, 0.25) is 0 Å². The third-order valence-corrected chi connectivity index (χ3v) is 1.67. The van der Waals surface area contributed by atoms with Gasteiger partial charge in [0.15, 0.2) is 0 Å². The molecule has 0 aliphatic heterocycles. The Bertz CT molecular complexity index is 169. The second-order valence-corrected chi connectivity index (χ2v) is 2.64. The van der Waals surface area contributed by atoms with E-state index in [-0.39, 0.29) is 0 Å². The van der Waals surface area contributed by atoms with Crippen LogP contribution in [0.1, 0.15) is 25.1 Å². The average molecular weight is 153 g/mol. The van der Waals surface area contributed by atoms with E-state index in [9.17, 15) is 0 Å². The van der Waals surface area contributed by atoms with Gasteiger partial charge in [-0.15, -0.1) is 0 Å². The Hall–Kier alpha value is -0.830. The molecule has 0 aromatic carbocycles. The largest absolute Gasteiger partial charge is 0.349 e. The van der Waals surface area contributed by atoms with E-state index in [0.717, 1.165) is 25.2 Å². The first kappa shape index (κ1) is 8.27. The molecular weight excluding hydrogens is 138 g/mol. The second-order valence-electron chi connectivity index (χ2n) is 2.64. The third-order valence-electron chi connectivity index (χ3n) is 1.67. The lowest BCUT2D eigenvalue weighted by Crippen LogP contribution is -1.98. The van der Waals surface area contributed by atoms with E-state index >= 15 is 0 Å². The number of unbranched alkanes of at least 4 members (excludes halogenated alkanes) is 2. The fourth-order valence-electron chi connectivity index (χ4n) is 1.05. The van der Waals surface area contributed by atoms with Crippen molar-refractivity contribution in [2.75, 3.05) is 6.54 Å². The van der Waals surface area contributed by atoms with E-state index < -0.39 is 0 Å². The number of aromatic amines is 1. The Balaban J connectivity index is 2.04. The van der Waals surface area contributed by atoms with Gasteiger partial charge >= 0.3 is 0 Å². The van der Waals surface area contributed by atoms with Crippen LogP contribution in [0, 0.1) is 0 Å². The van der Waals surface area contributed by atoms with Crippen molar-refractivity contribution < 1.29 is 0 Å². The topological polar surface area (TPSA) is 54.7 Å². The van der Waals surface area contributed by atoms with Gasteiger partial charge in [-0.2, -0.15) is 0 Å². The molecule has 1 aromatic rings. The van der Waals surface area contributed by atoms with E-state index in [1.54, 1.807) is 6.20 Å². The van der Waals surface area contributed by atoms with Crippen molar-refractivity contribution in [3.63, 3.8) is 0 Å². The molecule has 3 heteroatoms. The molecule has 0 radical (unpaired) electrons. The van der Waals surface area contributed by atoms with Crippen molar-refractivity contribution in [1.82, 2.24) is 9.97 Å². The first-order valence-corrected chi connectivity index (χ1v) is 4.12. The quantitative estimate of drug-likeness (QED) is 0.622. The molecule has 0 unspecified atom stereocenters. The number of aryl methyl sites for hydroxylation is 1. The van der Waals surface area contributed by atoms with Gasteiger partial charge in [-0.3, -0.25) is 0 Å². The molecule has 0 fully saturated rings. The van der Waals surface area contributed by atoms with Crippen molar-refractivity contribution in [2.45, 2.75) is 25.7 Å². The zero-order chi connectivity index (χ0) is 7.94. The summed E-state index contributed by atoms with van der Waals surface area (Å²) in [6, 6.07) is 0.